The number of aromatic nitrogens is 5. The van der Waals surface area contributed by atoms with Crippen LogP contribution in [0.4, 0.5) is 5.95 Å². The average molecular weight is 362 g/mol. The van der Waals surface area contributed by atoms with Gasteiger partial charge in [-0.25, -0.2) is 4.98 Å². The lowest BCUT2D eigenvalue weighted by atomic mass is 10.2. The first-order chi connectivity index (χ1) is 11.7. The summed E-state index contributed by atoms with van der Waals surface area (Å²) in [5, 5.41) is 11.7. The van der Waals surface area contributed by atoms with Gasteiger partial charge in [-0.15, -0.1) is 17.5 Å². The highest BCUT2D eigenvalue weighted by molar-refractivity contribution is 5.85. The number of nitrogens with two attached hydrogens (primary N) is 1. The van der Waals surface area contributed by atoms with Gasteiger partial charge < -0.3 is 15.8 Å². The Morgan fingerprint density at radius 3 is 2.72 bits per heavy atom. The van der Waals surface area contributed by atoms with Crippen molar-refractivity contribution in [3.05, 3.63) is 30.5 Å². The monoisotopic (exact) mass is 361 g/mol. The quantitative estimate of drug-likeness (QED) is 0.731. The summed E-state index contributed by atoms with van der Waals surface area (Å²) in [4.78, 5) is 8.92. The van der Waals surface area contributed by atoms with Gasteiger partial charge in [-0.05, 0) is 43.5 Å². The molecule has 1 aromatic carbocycles. The first kappa shape index (κ1) is 17.4. The van der Waals surface area contributed by atoms with E-state index >= 15 is 0 Å². The van der Waals surface area contributed by atoms with Gasteiger partial charge in [-0.3, -0.25) is 0 Å². The Hall–Kier alpha value is -2.45. The van der Waals surface area contributed by atoms with Crippen LogP contribution in [0.15, 0.2) is 30.5 Å². The van der Waals surface area contributed by atoms with Gasteiger partial charge >= 0.3 is 0 Å². The summed E-state index contributed by atoms with van der Waals surface area (Å²) in [6.45, 7) is 0. The summed E-state index contributed by atoms with van der Waals surface area (Å²) in [5.74, 6) is 1.37. The topological polar surface area (TPSA) is 104 Å². The minimum atomic E-state index is 0. The molecule has 132 valence electrons. The SMILES string of the molecule is COc1ccc(-n2nnc3cnc(N[C@H]4CC[C@@H](N)C4)nc32)cc1.Cl. The van der Waals surface area contributed by atoms with Gasteiger partial charge in [-0.2, -0.15) is 9.67 Å². The number of hydrogen-bond donors (Lipinski definition) is 2. The second-order valence-corrected chi connectivity index (χ2v) is 6.02. The molecule has 0 spiro atoms. The maximum Gasteiger partial charge on any atom is 0.225 e. The van der Waals surface area contributed by atoms with Crippen molar-refractivity contribution in [3.8, 4) is 11.4 Å². The van der Waals surface area contributed by atoms with Crippen LogP contribution in [0.3, 0.4) is 0 Å². The van der Waals surface area contributed by atoms with Crippen molar-refractivity contribution in [1.29, 1.82) is 0 Å². The van der Waals surface area contributed by atoms with Gasteiger partial charge in [0.1, 0.15) is 5.75 Å². The lowest BCUT2D eigenvalue weighted by Gasteiger charge is -2.12. The van der Waals surface area contributed by atoms with Crippen LogP contribution in [0.25, 0.3) is 16.9 Å². The normalized spacial score (nSPS) is 19.6. The van der Waals surface area contributed by atoms with E-state index in [9.17, 15) is 0 Å². The summed E-state index contributed by atoms with van der Waals surface area (Å²) < 4.78 is 6.88. The third-order valence-electron chi connectivity index (χ3n) is 4.32. The van der Waals surface area contributed by atoms with Crippen LogP contribution in [0.2, 0.25) is 0 Å². The minimum absolute atomic E-state index is 0. The molecule has 4 rings (SSSR count). The van der Waals surface area contributed by atoms with Crippen LogP contribution < -0.4 is 15.8 Å². The molecule has 1 saturated carbocycles. The highest BCUT2D eigenvalue weighted by atomic mass is 35.5. The second kappa shape index (κ2) is 7.20. The smallest absolute Gasteiger partial charge is 0.225 e. The Labute approximate surface area is 151 Å². The van der Waals surface area contributed by atoms with Gasteiger partial charge in [-0.1, -0.05) is 5.21 Å². The van der Waals surface area contributed by atoms with Crippen molar-refractivity contribution in [2.45, 2.75) is 31.3 Å². The molecule has 0 bridgehead atoms. The van der Waals surface area contributed by atoms with Crippen LogP contribution >= 0.6 is 12.4 Å². The molecule has 9 heteroatoms. The van der Waals surface area contributed by atoms with Crippen molar-refractivity contribution in [3.63, 3.8) is 0 Å². The molecule has 2 atom stereocenters. The summed E-state index contributed by atoms with van der Waals surface area (Å²) in [5.41, 5.74) is 8.15. The zero-order chi connectivity index (χ0) is 16.5. The van der Waals surface area contributed by atoms with E-state index in [0.29, 0.717) is 23.2 Å². The molecule has 0 unspecified atom stereocenters. The van der Waals surface area contributed by atoms with E-state index in [2.05, 4.69) is 25.6 Å². The maximum absolute atomic E-state index is 5.96. The van der Waals surface area contributed by atoms with Gasteiger partial charge in [0.15, 0.2) is 11.2 Å². The lowest BCUT2D eigenvalue weighted by Crippen LogP contribution is -2.21. The average Bonchev–Trinajstić information content (AvgIpc) is 3.21. The number of halogens is 1. The van der Waals surface area contributed by atoms with Crippen LogP contribution in [0.1, 0.15) is 19.3 Å². The fourth-order valence-corrected chi connectivity index (χ4v) is 3.03. The van der Waals surface area contributed by atoms with Crippen molar-refractivity contribution in [2.75, 3.05) is 12.4 Å². The molecule has 8 nitrogen and oxygen atoms in total. The number of methoxy groups -OCH3 is 1. The number of hydrogen-bond acceptors (Lipinski definition) is 7. The maximum atomic E-state index is 5.96. The molecule has 3 N–H and O–H groups in total. The Morgan fingerprint density at radius 2 is 2.04 bits per heavy atom. The molecule has 1 fully saturated rings. The van der Waals surface area contributed by atoms with Crippen LogP contribution in [0, 0.1) is 0 Å². The fraction of sp³-hybridized carbons (Fsp3) is 0.375. The third kappa shape index (κ3) is 3.49. The molecule has 0 radical (unpaired) electrons. The Balaban J connectivity index is 0.00000182. The molecule has 2 aromatic heterocycles. The molecule has 1 aliphatic carbocycles. The second-order valence-electron chi connectivity index (χ2n) is 6.02. The predicted molar refractivity (Wildman–Crippen MR) is 97.5 cm³/mol. The number of fused-ring (bicyclic) bond motifs is 1. The van der Waals surface area contributed by atoms with E-state index in [1.165, 1.54) is 0 Å². The van der Waals surface area contributed by atoms with Crippen LogP contribution in [-0.4, -0.2) is 44.2 Å². The zero-order valence-corrected chi connectivity index (χ0v) is 14.6. The molecular formula is C16H20ClN7O. The number of ether oxygens (including phenoxy) is 1. The Morgan fingerprint density at radius 1 is 1.24 bits per heavy atom. The molecule has 1 aliphatic rings. The van der Waals surface area contributed by atoms with Crippen molar-refractivity contribution < 1.29 is 4.74 Å². The highest BCUT2D eigenvalue weighted by Gasteiger charge is 2.22. The summed E-state index contributed by atoms with van der Waals surface area (Å²) >= 11 is 0. The summed E-state index contributed by atoms with van der Waals surface area (Å²) in [7, 11) is 1.64. The van der Waals surface area contributed by atoms with E-state index in [1.807, 2.05) is 24.3 Å². The largest absolute Gasteiger partial charge is 0.497 e. The van der Waals surface area contributed by atoms with Crippen molar-refractivity contribution in [1.82, 2.24) is 25.0 Å². The Kier molecular flexibility index (Phi) is 5.00. The molecule has 3 aromatic rings. The standard InChI is InChI=1S/C16H19N7O.ClH/c1-24-13-6-4-12(5-7-13)23-15-14(21-22-23)9-18-16(20-15)19-11-3-2-10(17)8-11;/h4-7,9-11H,2-3,8,17H2,1H3,(H,18,19,20);1H/t10-,11+;/m1./s1. The zero-order valence-electron chi connectivity index (χ0n) is 13.8. The third-order valence-corrected chi connectivity index (χ3v) is 4.32. The van der Waals surface area contributed by atoms with E-state index in [1.54, 1.807) is 18.0 Å². The molecule has 25 heavy (non-hydrogen) atoms. The van der Waals surface area contributed by atoms with Gasteiger partial charge in [0, 0.05) is 12.1 Å². The first-order valence-corrected chi connectivity index (χ1v) is 7.98. The van der Waals surface area contributed by atoms with Crippen molar-refractivity contribution >= 4 is 29.5 Å². The van der Waals surface area contributed by atoms with Crippen molar-refractivity contribution in [2.24, 2.45) is 5.73 Å². The van der Waals surface area contributed by atoms with E-state index < -0.39 is 0 Å². The van der Waals surface area contributed by atoms with Crippen LogP contribution in [-0.2, 0) is 0 Å². The van der Waals surface area contributed by atoms with Gasteiger partial charge in [0.25, 0.3) is 0 Å². The molecule has 0 saturated heterocycles. The van der Waals surface area contributed by atoms with Gasteiger partial charge in [0.2, 0.25) is 5.95 Å². The number of rotatable bonds is 4. The number of anilines is 1. The van der Waals surface area contributed by atoms with E-state index in [-0.39, 0.29) is 18.4 Å². The first-order valence-electron chi connectivity index (χ1n) is 7.98. The molecular weight excluding hydrogens is 342 g/mol. The summed E-state index contributed by atoms with van der Waals surface area (Å²) in [6, 6.07) is 8.17. The number of benzene rings is 1. The minimum Gasteiger partial charge on any atom is -0.497 e. The molecule has 0 amide bonds. The van der Waals surface area contributed by atoms with Crippen LogP contribution in [0.5, 0.6) is 5.75 Å². The summed E-state index contributed by atoms with van der Waals surface area (Å²) in [6.07, 6.45) is 4.70. The predicted octanol–water partition coefficient (Wildman–Crippen LogP) is 1.93. The molecule has 2 heterocycles. The number of nitrogens with one attached hydrogen (secondary N) is 1. The Bertz CT molecular complexity index is 851. The highest BCUT2D eigenvalue weighted by Crippen LogP contribution is 2.22. The lowest BCUT2D eigenvalue weighted by molar-refractivity contribution is 0.414. The van der Waals surface area contributed by atoms with Gasteiger partial charge in [0.05, 0.1) is 19.0 Å². The fourth-order valence-electron chi connectivity index (χ4n) is 3.03. The van der Waals surface area contributed by atoms with E-state index in [0.717, 1.165) is 30.7 Å². The molecule has 0 aliphatic heterocycles. The van der Waals surface area contributed by atoms with E-state index in [4.69, 9.17) is 10.5 Å². The number of nitrogens with zero attached hydrogens (tertiary/aromatic N) is 5.